The quantitative estimate of drug-likeness (QED) is 0.0839. The second kappa shape index (κ2) is 17.7. The summed E-state index contributed by atoms with van der Waals surface area (Å²) in [5.74, 6) is 1.20. The lowest BCUT2D eigenvalue weighted by atomic mass is 10.0. The summed E-state index contributed by atoms with van der Waals surface area (Å²) >= 11 is 0. The smallest absolute Gasteiger partial charge is 0.122 e. The molecule has 0 aliphatic rings. The van der Waals surface area contributed by atoms with Crippen molar-refractivity contribution in [3.8, 4) is 23.0 Å². The fraction of sp³-hybridized carbons (Fsp3) is 0.429. The van der Waals surface area contributed by atoms with Crippen molar-refractivity contribution in [1.29, 1.82) is 0 Å². The van der Waals surface area contributed by atoms with Crippen molar-refractivity contribution < 1.29 is 29.9 Å². The number of aryl methyl sites for hydroxylation is 8. The van der Waals surface area contributed by atoms with Gasteiger partial charge in [0, 0.05) is 61.5 Å². The number of rotatable bonds is 17. The Kier molecular flexibility index (Phi) is 13.7. The molecule has 0 bridgehead atoms. The summed E-state index contributed by atoms with van der Waals surface area (Å²) in [6.45, 7) is 20.8. The van der Waals surface area contributed by atoms with E-state index in [0.29, 0.717) is 88.7 Å². The van der Waals surface area contributed by atoms with E-state index in [1.165, 1.54) is 0 Å². The average Bonchev–Trinajstić information content (AvgIpc) is 3.03. The van der Waals surface area contributed by atoms with Gasteiger partial charge >= 0.3 is 0 Å². The average molecular weight is 685 g/mol. The Morgan fingerprint density at radius 1 is 0.380 bits per heavy atom. The largest absolute Gasteiger partial charge is 0.507 e. The third-order valence-corrected chi connectivity index (χ3v) is 9.15. The molecule has 4 aromatic rings. The zero-order valence-corrected chi connectivity index (χ0v) is 31.2. The number of benzene rings is 4. The van der Waals surface area contributed by atoms with E-state index in [-0.39, 0.29) is 0 Å². The van der Waals surface area contributed by atoms with Crippen LogP contribution in [0.4, 0.5) is 0 Å². The predicted octanol–water partition coefficient (Wildman–Crippen LogP) is 7.71. The summed E-state index contributed by atoms with van der Waals surface area (Å²) in [4.78, 5) is 4.37. The van der Waals surface area contributed by atoms with E-state index >= 15 is 0 Å². The number of hydrogen-bond acceptors (Lipinski definition) is 8. The van der Waals surface area contributed by atoms with Crippen LogP contribution in [0.15, 0.2) is 48.5 Å². The minimum Gasteiger partial charge on any atom is -0.507 e. The molecule has 4 rings (SSSR count). The predicted molar refractivity (Wildman–Crippen MR) is 200 cm³/mol. The maximum Gasteiger partial charge on any atom is 0.122 e. The number of hydrogen-bond donors (Lipinski definition) is 4. The molecule has 4 N–H and O–H groups in total. The summed E-state index contributed by atoms with van der Waals surface area (Å²) in [6, 6.07) is 15.9. The number of nitrogens with zero attached hydrogens (tertiary/aromatic N) is 2. The maximum atomic E-state index is 10.8. The van der Waals surface area contributed by atoms with Crippen molar-refractivity contribution in [2.24, 2.45) is 0 Å². The molecule has 0 fully saturated rings. The summed E-state index contributed by atoms with van der Waals surface area (Å²) in [6.07, 6.45) is 0. The van der Waals surface area contributed by atoms with E-state index in [1.54, 1.807) is 0 Å². The molecular weight excluding hydrogens is 628 g/mol. The Morgan fingerprint density at radius 3 is 0.860 bits per heavy atom. The van der Waals surface area contributed by atoms with Crippen LogP contribution in [0.3, 0.4) is 0 Å². The lowest BCUT2D eigenvalue weighted by Gasteiger charge is -2.25. The third-order valence-electron chi connectivity index (χ3n) is 9.15. The lowest BCUT2D eigenvalue weighted by molar-refractivity contribution is 0.0281. The summed E-state index contributed by atoms with van der Waals surface area (Å²) in [7, 11) is 0. The monoisotopic (exact) mass is 684 g/mol. The highest BCUT2D eigenvalue weighted by atomic mass is 16.5. The summed E-state index contributed by atoms with van der Waals surface area (Å²) < 4.78 is 12.0. The molecule has 0 unspecified atom stereocenters. The van der Waals surface area contributed by atoms with E-state index in [4.69, 9.17) is 9.47 Å². The Bertz CT molecular complexity index is 1520. The molecule has 8 nitrogen and oxygen atoms in total. The number of ether oxygens (including phenoxy) is 2. The van der Waals surface area contributed by atoms with Gasteiger partial charge in [-0.05, 0) is 77.6 Å². The Hall–Kier alpha value is -4.08. The van der Waals surface area contributed by atoms with Crippen LogP contribution < -0.4 is 0 Å². The van der Waals surface area contributed by atoms with E-state index in [1.807, 2.05) is 104 Å². The minimum absolute atomic E-state index is 0.300. The topological polar surface area (TPSA) is 106 Å². The summed E-state index contributed by atoms with van der Waals surface area (Å²) in [5.41, 5.74) is 11.1. The van der Waals surface area contributed by atoms with E-state index in [0.717, 1.165) is 66.8 Å². The molecule has 8 heteroatoms. The van der Waals surface area contributed by atoms with E-state index in [9.17, 15) is 20.4 Å². The number of phenols is 4. The molecule has 0 atom stereocenters. The lowest BCUT2D eigenvalue weighted by Crippen LogP contribution is -2.28. The van der Waals surface area contributed by atoms with Crippen LogP contribution in [-0.2, 0) is 35.7 Å². The van der Waals surface area contributed by atoms with Crippen molar-refractivity contribution in [3.63, 3.8) is 0 Å². The van der Waals surface area contributed by atoms with Crippen LogP contribution in [0.5, 0.6) is 23.0 Å². The molecule has 50 heavy (non-hydrogen) atoms. The van der Waals surface area contributed by atoms with Crippen LogP contribution in [0.1, 0.15) is 66.8 Å². The number of aromatic hydroxyl groups is 4. The van der Waals surface area contributed by atoms with Gasteiger partial charge in [-0.3, -0.25) is 9.80 Å². The van der Waals surface area contributed by atoms with Crippen LogP contribution in [0.25, 0.3) is 0 Å². The molecule has 0 radical (unpaired) electrons. The van der Waals surface area contributed by atoms with Gasteiger partial charge in [-0.1, -0.05) is 70.8 Å². The molecule has 0 heterocycles. The SMILES string of the molecule is Cc1cc(C)c(O)c(CN(CCOCCOCCN(Cc2cc(C)cc(C)c2O)Cc2cc(C)cc(C)c2O)Cc2cc(C)cc(C)c2O)c1. The van der Waals surface area contributed by atoms with Gasteiger partial charge in [0.2, 0.25) is 0 Å². The van der Waals surface area contributed by atoms with Crippen molar-refractivity contribution in [2.75, 3.05) is 39.5 Å². The van der Waals surface area contributed by atoms with Gasteiger partial charge < -0.3 is 29.9 Å². The molecule has 0 aliphatic heterocycles. The van der Waals surface area contributed by atoms with Crippen LogP contribution >= 0.6 is 0 Å². The zero-order valence-electron chi connectivity index (χ0n) is 31.2. The second-order valence-electron chi connectivity index (χ2n) is 14.0. The molecule has 0 aromatic heterocycles. The van der Waals surface area contributed by atoms with Gasteiger partial charge in [0.15, 0.2) is 0 Å². The highest BCUT2D eigenvalue weighted by Crippen LogP contribution is 2.30. The van der Waals surface area contributed by atoms with Crippen molar-refractivity contribution in [2.45, 2.75) is 81.6 Å². The fourth-order valence-electron chi connectivity index (χ4n) is 6.77. The molecule has 0 saturated heterocycles. The fourth-order valence-corrected chi connectivity index (χ4v) is 6.77. The second-order valence-corrected chi connectivity index (χ2v) is 14.0. The first-order chi connectivity index (χ1) is 23.7. The first-order valence-electron chi connectivity index (χ1n) is 17.5. The molecule has 0 spiro atoms. The summed E-state index contributed by atoms with van der Waals surface area (Å²) in [5, 5.41) is 43.2. The van der Waals surface area contributed by atoms with Gasteiger partial charge in [0.1, 0.15) is 23.0 Å². The maximum absolute atomic E-state index is 10.8. The standard InChI is InChI=1S/C42H56N2O6/c1-27-15-31(5)39(45)35(19-27)23-43(24-36-20-28(2)16-32(6)40(36)46)9-11-49-13-14-50-12-10-44(25-37-21-29(3)17-33(7)41(37)47)26-38-22-30(4)18-34(8)42(38)48/h15-22,45-48H,9-14,23-26H2,1-8H3. The van der Waals surface area contributed by atoms with Crippen molar-refractivity contribution in [3.05, 3.63) is 115 Å². The van der Waals surface area contributed by atoms with Crippen LogP contribution in [0, 0.1) is 55.4 Å². The van der Waals surface area contributed by atoms with Gasteiger partial charge in [-0.15, -0.1) is 0 Å². The first-order valence-corrected chi connectivity index (χ1v) is 17.5. The number of phenolic OH excluding ortho intramolecular Hbond substituents is 4. The Morgan fingerprint density at radius 2 is 0.620 bits per heavy atom. The van der Waals surface area contributed by atoms with Gasteiger partial charge in [-0.2, -0.15) is 0 Å². The van der Waals surface area contributed by atoms with Crippen molar-refractivity contribution in [1.82, 2.24) is 9.80 Å². The molecule has 270 valence electrons. The van der Waals surface area contributed by atoms with E-state index < -0.39 is 0 Å². The minimum atomic E-state index is 0.300. The van der Waals surface area contributed by atoms with Crippen LogP contribution in [0.2, 0.25) is 0 Å². The van der Waals surface area contributed by atoms with Gasteiger partial charge in [0.05, 0.1) is 26.4 Å². The molecule has 0 amide bonds. The third kappa shape index (κ3) is 10.7. The normalized spacial score (nSPS) is 11.6. The molecule has 0 saturated carbocycles. The van der Waals surface area contributed by atoms with Gasteiger partial charge in [0.25, 0.3) is 0 Å². The Labute approximate surface area is 298 Å². The van der Waals surface area contributed by atoms with Gasteiger partial charge in [-0.25, -0.2) is 0 Å². The highest BCUT2D eigenvalue weighted by Gasteiger charge is 2.17. The van der Waals surface area contributed by atoms with Crippen molar-refractivity contribution >= 4 is 0 Å². The van der Waals surface area contributed by atoms with Crippen LogP contribution in [-0.4, -0.2) is 69.7 Å². The Balaban J connectivity index is 1.33. The first kappa shape index (κ1) is 38.7. The highest BCUT2D eigenvalue weighted by molar-refractivity contribution is 5.46. The molecular formula is C42H56N2O6. The zero-order chi connectivity index (χ0) is 36.5. The molecule has 0 aliphatic carbocycles. The van der Waals surface area contributed by atoms with E-state index in [2.05, 4.69) is 9.80 Å². The molecule has 4 aromatic carbocycles.